The number of rotatable bonds is 2. The van der Waals surface area contributed by atoms with E-state index in [-0.39, 0.29) is 5.56 Å². The zero-order valence-electron chi connectivity index (χ0n) is 7.15. The quantitative estimate of drug-likeness (QED) is 0.734. The minimum Gasteiger partial charge on any atom is -0.444 e. The zero-order valence-corrected chi connectivity index (χ0v) is 7.15. The summed E-state index contributed by atoms with van der Waals surface area (Å²) in [6, 6.07) is 5.93. The molecule has 4 heteroatoms. The van der Waals surface area contributed by atoms with E-state index in [2.05, 4.69) is 4.98 Å². The SMILES string of the molecule is FC(F)c1ccc(-c2cnco2)cc1. The van der Waals surface area contributed by atoms with E-state index in [1.165, 1.54) is 24.7 Å². The first-order chi connectivity index (χ1) is 6.77. The average molecular weight is 195 g/mol. The Morgan fingerprint density at radius 1 is 1.14 bits per heavy atom. The van der Waals surface area contributed by atoms with Crippen LogP contribution in [0.1, 0.15) is 12.0 Å². The lowest BCUT2D eigenvalue weighted by Gasteiger charge is -1.99. The van der Waals surface area contributed by atoms with Gasteiger partial charge in [-0.2, -0.15) is 0 Å². The number of oxazole rings is 1. The molecule has 0 atom stereocenters. The van der Waals surface area contributed by atoms with Gasteiger partial charge in [-0.15, -0.1) is 0 Å². The van der Waals surface area contributed by atoms with Crippen molar-refractivity contribution in [3.63, 3.8) is 0 Å². The first-order valence-corrected chi connectivity index (χ1v) is 4.04. The molecule has 0 bridgehead atoms. The third-order valence-corrected chi connectivity index (χ3v) is 1.88. The molecule has 0 saturated heterocycles. The minimum atomic E-state index is -2.43. The van der Waals surface area contributed by atoms with Crippen molar-refractivity contribution in [1.82, 2.24) is 4.98 Å². The van der Waals surface area contributed by atoms with Crippen LogP contribution in [0.5, 0.6) is 0 Å². The third-order valence-electron chi connectivity index (χ3n) is 1.88. The van der Waals surface area contributed by atoms with Crippen LogP contribution in [0.4, 0.5) is 8.78 Å². The molecule has 0 N–H and O–H groups in total. The van der Waals surface area contributed by atoms with Crippen LogP contribution in [0.2, 0.25) is 0 Å². The van der Waals surface area contributed by atoms with Gasteiger partial charge in [0.1, 0.15) is 0 Å². The molecule has 0 amide bonds. The standard InChI is InChI=1S/C10H7F2NO/c11-10(12)8-3-1-7(2-4-8)9-5-13-6-14-9/h1-6,10H. The van der Waals surface area contributed by atoms with Gasteiger partial charge in [-0.25, -0.2) is 13.8 Å². The van der Waals surface area contributed by atoms with Gasteiger partial charge in [0.25, 0.3) is 6.43 Å². The molecule has 0 aliphatic carbocycles. The maximum Gasteiger partial charge on any atom is 0.263 e. The van der Waals surface area contributed by atoms with E-state index >= 15 is 0 Å². The van der Waals surface area contributed by atoms with Crippen LogP contribution in [-0.4, -0.2) is 4.98 Å². The molecule has 0 fully saturated rings. The second-order valence-corrected chi connectivity index (χ2v) is 2.79. The van der Waals surface area contributed by atoms with Gasteiger partial charge in [-0.1, -0.05) is 24.3 Å². The molecule has 0 radical (unpaired) electrons. The minimum absolute atomic E-state index is 0.00765. The summed E-state index contributed by atoms with van der Waals surface area (Å²) in [5.74, 6) is 0.575. The molecule has 0 unspecified atom stereocenters. The summed E-state index contributed by atoms with van der Waals surface area (Å²) in [6.45, 7) is 0. The normalized spacial score (nSPS) is 10.8. The van der Waals surface area contributed by atoms with Gasteiger partial charge in [0.05, 0.1) is 6.20 Å². The Kier molecular flexibility index (Phi) is 2.26. The van der Waals surface area contributed by atoms with Gasteiger partial charge in [0.15, 0.2) is 12.2 Å². The van der Waals surface area contributed by atoms with E-state index in [1.54, 1.807) is 12.1 Å². The van der Waals surface area contributed by atoms with Crippen molar-refractivity contribution in [3.05, 3.63) is 42.4 Å². The number of hydrogen-bond donors (Lipinski definition) is 0. The van der Waals surface area contributed by atoms with Crippen molar-refractivity contribution in [3.8, 4) is 11.3 Å². The van der Waals surface area contributed by atoms with E-state index in [0.717, 1.165) is 5.56 Å². The van der Waals surface area contributed by atoms with Crippen molar-refractivity contribution in [2.45, 2.75) is 6.43 Å². The van der Waals surface area contributed by atoms with Gasteiger partial charge in [0.2, 0.25) is 0 Å². The van der Waals surface area contributed by atoms with Crippen molar-refractivity contribution >= 4 is 0 Å². The van der Waals surface area contributed by atoms with Crippen LogP contribution in [0, 0.1) is 0 Å². The molecule has 2 rings (SSSR count). The number of aromatic nitrogens is 1. The largest absolute Gasteiger partial charge is 0.444 e. The van der Waals surface area contributed by atoms with Gasteiger partial charge in [-0.3, -0.25) is 0 Å². The first-order valence-electron chi connectivity index (χ1n) is 4.04. The molecule has 1 aromatic heterocycles. The molecule has 0 saturated carbocycles. The molecule has 0 aliphatic rings. The van der Waals surface area contributed by atoms with Crippen LogP contribution in [0.15, 0.2) is 41.3 Å². The summed E-state index contributed by atoms with van der Waals surface area (Å²) in [7, 11) is 0. The Hall–Kier alpha value is -1.71. The maximum absolute atomic E-state index is 12.2. The van der Waals surface area contributed by atoms with Crippen LogP contribution in [0.25, 0.3) is 11.3 Å². The third kappa shape index (κ3) is 1.64. The van der Waals surface area contributed by atoms with E-state index in [4.69, 9.17) is 4.42 Å². The molecule has 72 valence electrons. The second kappa shape index (κ2) is 3.57. The monoisotopic (exact) mass is 195 g/mol. The maximum atomic E-state index is 12.2. The Morgan fingerprint density at radius 2 is 1.86 bits per heavy atom. The number of nitrogens with zero attached hydrogens (tertiary/aromatic N) is 1. The number of alkyl halides is 2. The summed E-state index contributed by atoms with van der Waals surface area (Å²) in [5.41, 5.74) is 0.750. The van der Waals surface area contributed by atoms with Gasteiger partial charge in [-0.05, 0) is 0 Å². The van der Waals surface area contributed by atoms with E-state index < -0.39 is 6.43 Å². The highest BCUT2D eigenvalue weighted by Gasteiger charge is 2.07. The highest BCUT2D eigenvalue weighted by molar-refractivity contribution is 5.56. The predicted molar refractivity (Wildman–Crippen MR) is 46.9 cm³/mol. The molecule has 2 nitrogen and oxygen atoms in total. The summed E-state index contributed by atoms with van der Waals surface area (Å²) in [4.78, 5) is 3.74. The molecule has 0 spiro atoms. The van der Waals surface area contributed by atoms with Crippen LogP contribution in [0.3, 0.4) is 0 Å². The first kappa shape index (κ1) is 8.87. The Labute approximate surface area is 79.2 Å². The Morgan fingerprint density at radius 3 is 2.36 bits per heavy atom. The van der Waals surface area contributed by atoms with E-state index in [9.17, 15) is 8.78 Å². The fourth-order valence-electron chi connectivity index (χ4n) is 1.15. The van der Waals surface area contributed by atoms with Crippen molar-refractivity contribution in [1.29, 1.82) is 0 Å². The van der Waals surface area contributed by atoms with Gasteiger partial charge < -0.3 is 4.42 Å². The molecular formula is C10H7F2NO. The lowest BCUT2D eigenvalue weighted by Crippen LogP contribution is -1.83. The highest BCUT2D eigenvalue weighted by Crippen LogP contribution is 2.23. The van der Waals surface area contributed by atoms with E-state index in [1.807, 2.05) is 0 Å². The molecule has 2 aromatic rings. The molecule has 1 aromatic carbocycles. The Bertz CT molecular complexity index is 395. The lowest BCUT2D eigenvalue weighted by molar-refractivity contribution is 0.151. The average Bonchev–Trinajstić information content (AvgIpc) is 2.71. The molecular weight excluding hydrogens is 188 g/mol. The Balaban J connectivity index is 2.31. The fraction of sp³-hybridized carbons (Fsp3) is 0.100. The zero-order chi connectivity index (χ0) is 9.97. The topological polar surface area (TPSA) is 26.0 Å². The van der Waals surface area contributed by atoms with Crippen LogP contribution >= 0.6 is 0 Å². The summed E-state index contributed by atoms with van der Waals surface area (Å²) < 4.78 is 29.4. The van der Waals surface area contributed by atoms with Crippen molar-refractivity contribution in [2.24, 2.45) is 0 Å². The van der Waals surface area contributed by atoms with Crippen LogP contribution in [-0.2, 0) is 0 Å². The molecule has 14 heavy (non-hydrogen) atoms. The van der Waals surface area contributed by atoms with E-state index in [0.29, 0.717) is 5.76 Å². The summed E-state index contributed by atoms with van der Waals surface area (Å²) in [5, 5.41) is 0. The van der Waals surface area contributed by atoms with Crippen molar-refractivity contribution in [2.75, 3.05) is 0 Å². The van der Waals surface area contributed by atoms with Gasteiger partial charge >= 0.3 is 0 Å². The molecule has 0 aliphatic heterocycles. The fourth-order valence-corrected chi connectivity index (χ4v) is 1.15. The smallest absolute Gasteiger partial charge is 0.263 e. The number of hydrogen-bond acceptors (Lipinski definition) is 2. The second-order valence-electron chi connectivity index (χ2n) is 2.79. The lowest BCUT2D eigenvalue weighted by atomic mass is 10.1. The number of benzene rings is 1. The van der Waals surface area contributed by atoms with Crippen LogP contribution < -0.4 is 0 Å². The predicted octanol–water partition coefficient (Wildman–Crippen LogP) is 3.28. The molecule has 1 heterocycles. The summed E-state index contributed by atoms with van der Waals surface area (Å²) >= 11 is 0. The number of halogens is 2. The summed E-state index contributed by atoms with van der Waals surface area (Å²) in [6.07, 6.45) is 0.409. The van der Waals surface area contributed by atoms with Crippen molar-refractivity contribution < 1.29 is 13.2 Å². The van der Waals surface area contributed by atoms with Gasteiger partial charge in [0, 0.05) is 11.1 Å². The highest BCUT2D eigenvalue weighted by atomic mass is 19.3.